The van der Waals surface area contributed by atoms with Crippen LogP contribution in [0.2, 0.25) is 0 Å². The number of ether oxygens (including phenoxy) is 1. The van der Waals surface area contributed by atoms with Crippen molar-refractivity contribution in [1.82, 2.24) is 5.32 Å². The third kappa shape index (κ3) is 5.19. The Morgan fingerprint density at radius 2 is 2.26 bits per heavy atom. The van der Waals surface area contributed by atoms with Gasteiger partial charge in [-0.3, -0.25) is 10.1 Å². The lowest BCUT2D eigenvalue weighted by Crippen LogP contribution is -2.30. The SMILES string of the molecule is COCCCNC(=S)Nc1cc([N+](=O)[O-])ccc1C. The zero-order chi connectivity index (χ0) is 14.3. The smallest absolute Gasteiger partial charge is 0.271 e. The summed E-state index contributed by atoms with van der Waals surface area (Å²) in [5.74, 6) is 0. The normalized spacial score (nSPS) is 10.0. The standard InChI is InChI=1S/C12H17N3O3S/c1-9-4-5-10(15(16)17)8-11(9)14-12(19)13-6-3-7-18-2/h4-5,8H,3,6-7H2,1-2H3,(H2,13,14,19). The zero-order valence-corrected chi connectivity index (χ0v) is 11.8. The molecule has 0 radical (unpaired) electrons. The maximum atomic E-state index is 10.7. The van der Waals surface area contributed by atoms with Crippen LogP contribution in [-0.4, -0.2) is 30.3 Å². The Morgan fingerprint density at radius 1 is 1.53 bits per heavy atom. The number of nitro groups is 1. The predicted molar refractivity (Wildman–Crippen MR) is 78.5 cm³/mol. The van der Waals surface area contributed by atoms with Crippen molar-refractivity contribution in [3.05, 3.63) is 33.9 Å². The minimum absolute atomic E-state index is 0.0373. The molecule has 104 valence electrons. The van der Waals surface area contributed by atoms with Crippen molar-refractivity contribution < 1.29 is 9.66 Å². The van der Waals surface area contributed by atoms with Crippen LogP contribution in [0.25, 0.3) is 0 Å². The number of anilines is 1. The molecule has 19 heavy (non-hydrogen) atoms. The Morgan fingerprint density at radius 3 is 2.89 bits per heavy atom. The van der Waals surface area contributed by atoms with E-state index in [4.69, 9.17) is 17.0 Å². The summed E-state index contributed by atoms with van der Waals surface area (Å²) in [5.41, 5.74) is 1.57. The molecule has 0 heterocycles. The molecular weight excluding hydrogens is 266 g/mol. The van der Waals surface area contributed by atoms with Crippen molar-refractivity contribution in [2.75, 3.05) is 25.6 Å². The molecule has 0 aliphatic rings. The van der Waals surface area contributed by atoms with E-state index in [1.807, 2.05) is 6.92 Å². The molecule has 0 amide bonds. The van der Waals surface area contributed by atoms with E-state index < -0.39 is 4.92 Å². The molecule has 0 spiro atoms. The maximum Gasteiger partial charge on any atom is 0.271 e. The molecular formula is C12H17N3O3S. The summed E-state index contributed by atoms with van der Waals surface area (Å²) < 4.78 is 4.92. The lowest BCUT2D eigenvalue weighted by atomic mass is 10.2. The molecule has 1 rings (SSSR count). The summed E-state index contributed by atoms with van der Waals surface area (Å²) in [6.45, 7) is 3.21. The van der Waals surface area contributed by atoms with Crippen molar-refractivity contribution >= 4 is 28.7 Å². The molecule has 0 atom stereocenters. The van der Waals surface area contributed by atoms with Gasteiger partial charge in [0.05, 0.1) is 4.92 Å². The fourth-order valence-corrected chi connectivity index (χ4v) is 1.66. The molecule has 7 heteroatoms. The molecule has 1 aromatic rings. The second-order valence-electron chi connectivity index (χ2n) is 3.98. The Kier molecular flexibility index (Phi) is 6.17. The van der Waals surface area contributed by atoms with Gasteiger partial charge in [0.25, 0.3) is 5.69 Å². The van der Waals surface area contributed by atoms with E-state index in [9.17, 15) is 10.1 Å². The van der Waals surface area contributed by atoms with E-state index in [2.05, 4.69) is 10.6 Å². The van der Waals surface area contributed by atoms with E-state index in [1.54, 1.807) is 13.2 Å². The number of benzene rings is 1. The molecule has 0 fully saturated rings. The lowest BCUT2D eigenvalue weighted by Gasteiger charge is -2.12. The molecule has 0 aliphatic heterocycles. The number of nitrogens with one attached hydrogen (secondary N) is 2. The highest BCUT2D eigenvalue weighted by atomic mass is 32.1. The van der Waals surface area contributed by atoms with Gasteiger partial charge in [-0.1, -0.05) is 6.07 Å². The Labute approximate surface area is 117 Å². The molecule has 0 unspecified atom stereocenters. The second-order valence-corrected chi connectivity index (χ2v) is 4.39. The first-order valence-electron chi connectivity index (χ1n) is 5.83. The van der Waals surface area contributed by atoms with Gasteiger partial charge in [-0.15, -0.1) is 0 Å². The van der Waals surface area contributed by atoms with Crippen molar-refractivity contribution in [3.8, 4) is 0 Å². The number of nitrogens with zero attached hydrogens (tertiary/aromatic N) is 1. The van der Waals surface area contributed by atoms with Gasteiger partial charge in [0, 0.05) is 38.1 Å². The molecule has 0 bridgehead atoms. The van der Waals surface area contributed by atoms with Crippen LogP contribution in [0.4, 0.5) is 11.4 Å². The highest BCUT2D eigenvalue weighted by Crippen LogP contribution is 2.21. The first-order valence-corrected chi connectivity index (χ1v) is 6.24. The van der Waals surface area contributed by atoms with Gasteiger partial charge < -0.3 is 15.4 Å². The number of thiocarbonyl (C=S) groups is 1. The van der Waals surface area contributed by atoms with Gasteiger partial charge in [-0.25, -0.2) is 0 Å². The van der Waals surface area contributed by atoms with E-state index in [-0.39, 0.29) is 5.69 Å². The number of nitro benzene ring substituents is 1. The number of hydrogen-bond acceptors (Lipinski definition) is 4. The Balaban J connectivity index is 2.58. The van der Waals surface area contributed by atoms with E-state index >= 15 is 0 Å². The highest BCUT2D eigenvalue weighted by molar-refractivity contribution is 7.80. The summed E-state index contributed by atoms with van der Waals surface area (Å²) in [6.07, 6.45) is 0.840. The third-order valence-corrected chi connectivity index (χ3v) is 2.74. The number of hydrogen-bond donors (Lipinski definition) is 2. The molecule has 0 saturated carbocycles. The topological polar surface area (TPSA) is 76.4 Å². The average Bonchev–Trinajstić information content (AvgIpc) is 2.37. The van der Waals surface area contributed by atoms with E-state index in [0.717, 1.165) is 12.0 Å². The van der Waals surface area contributed by atoms with Crippen molar-refractivity contribution in [3.63, 3.8) is 0 Å². The van der Waals surface area contributed by atoms with Crippen molar-refractivity contribution in [1.29, 1.82) is 0 Å². The van der Waals surface area contributed by atoms with Crippen LogP contribution in [0, 0.1) is 17.0 Å². The van der Waals surface area contributed by atoms with Crippen LogP contribution >= 0.6 is 12.2 Å². The zero-order valence-electron chi connectivity index (χ0n) is 10.9. The summed E-state index contributed by atoms with van der Waals surface area (Å²) in [4.78, 5) is 10.3. The average molecular weight is 283 g/mol. The number of methoxy groups -OCH3 is 1. The number of rotatable bonds is 6. The van der Waals surface area contributed by atoms with Crippen LogP contribution in [-0.2, 0) is 4.74 Å². The lowest BCUT2D eigenvalue weighted by molar-refractivity contribution is -0.384. The molecule has 0 saturated heterocycles. The number of aryl methyl sites for hydroxylation is 1. The summed E-state index contributed by atoms with van der Waals surface area (Å²) >= 11 is 5.12. The van der Waals surface area contributed by atoms with Gasteiger partial charge in [0.15, 0.2) is 5.11 Å². The largest absolute Gasteiger partial charge is 0.385 e. The van der Waals surface area contributed by atoms with Crippen LogP contribution in [0.15, 0.2) is 18.2 Å². The third-order valence-electron chi connectivity index (χ3n) is 2.49. The molecule has 6 nitrogen and oxygen atoms in total. The number of non-ortho nitro benzene ring substituents is 1. The Bertz CT molecular complexity index is 466. The van der Waals surface area contributed by atoms with Crippen molar-refractivity contribution in [2.45, 2.75) is 13.3 Å². The fourth-order valence-electron chi connectivity index (χ4n) is 1.44. The molecule has 0 aliphatic carbocycles. The fraction of sp³-hybridized carbons (Fsp3) is 0.417. The monoisotopic (exact) mass is 283 g/mol. The molecule has 0 aromatic heterocycles. The second kappa shape index (κ2) is 7.65. The van der Waals surface area contributed by atoms with E-state index in [1.165, 1.54) is 12.1 Å². The van der Waals surface area contributed by atoms with E-state index in [0.29, 0.717) is 24.0 Å². The molecule has 2 N–H and O–H groups in total. The quantitative estimate of drug-likeness (QED) is 0.361. The minimum Gasteiger partial charge on any atom is -0.385 e. The van der Waals surface area contributed by atoms with Gasteiger partial charge in [0.1, 0.15) is 0 Å². The first kappa shape index (κ1) is 15.3. The first-order chi connectivity index (χ1) is 9.04. The van der Waals surface area contributed by atoms with Gasteiger partial charge >= 0.3 is 0 Å². The minimum atomic E-state index is -0.431. The predicted octanol–water partition coefficient (Wildman–Crippen LogP) is 2.23. The van der Waals surface area contributed by atoms with Crippen LogP contribution in [0.5, 0.6) is 0 Å². The van der Waals surface area contributed by atoms with Crippen LogP contribution < -0.4 is 10.6 Å². The van der Waals surface area contributed by atoms with Gasteiger partial charge in [-0.05, 0) is 31.1 Å². The van der Waals surface area contributed by atoms with Gasteiger partial charge in [0.2, 0.25) is 0 Å². The summed E-state index contributed by atoms with van der Waals surface area (Å²) in [5, 5.41) is 17.1. The van der Waals surface area contributed by atoms with Crippen molar-refractivity contribution in [2.24, 2.45) is 0 Å². The van der Waals surface area contributed by atoms with Crippen LogP contribution in [0.3, 0.4) is 0 Å². The summed E-state index contributed by atoms with van der Waals surface area (Å²) in [6, 6.07) is 4.63. The maximum absolute atomic E-state index is 10.7. The molecule has 1 aromatic carbocycles. The summed E-state index contributed by atoms with van der Waals surface area (Å²) in [7, 11) is 1.64. The highest BCUT2D eigenvalue weighted by Gasteiger charge is 2.09. The van der Waals surface area contributed by atoms with Gasteiger partial charge in [-0.2, -0.15) is 0 Å². The Hall–Kier alpha value is -1.73. The van der Waals surface area contributed by atoms with Crippen LogP contribution in [0.1, 0.15) is 12.0 Å².